The molecule has 0 aromatic carbocycles. The minimum Gasteiger partial charge on any atom is -0.481 e. The van der Waals surface area contributed by atoms with Gasteiger partial charge in [0.1, 0.15) is 0 Å². The van der Waals surface area contributed by atoms with Crippen molar-refractivity contribution in [3.8, 4) is 0 Å². The lowest BCUT2D eigenvalue weighted by atomic mass is 9.74. The van der Waals surface area contributed by atoms with Crippen LogP contribution in [0.4, 0.5) is 0 Å². The van der Waals surface area contributed by atoms with Gasteiger partial charge in [-0.3, -0.25) is 9.59 Å². The van der Waals surface area contributed by atoms with Crippen molar-refractivity contribution in [1.82, 2.24) is 5.32 Å². The Hall–Kier alpha value is -1.36. The SMILES string of the molecule is O=C(Cc1ccsc1)NCC1(C(=O)O)CCCCC1. The predicted octanol–water partition coefficient (Wildman–Crippen LogP) is 2.44. The van der Waals surface area contributed by atoms with E-state index in [4.69, 9.17) is 0 Å². The van der Waals surface area contributed by atoms with Gasteiger partial charge in [0.05, 0.1) is 11.8 Å². The Bertz CT molecular complexity index is 436. The molecule has 0 unspecified atom stereocenters. The molecule has 0 saturated heterocycles. The number of rotatable bonds is 5. The molecule has 1 aliphatic rings. The van der Waals surface area contributed by atoms with E-state index >= 15 is 0 Å². The maximum absolute atomic E-state index is 11.8. The molecular weight excluding hydrogens is 262 g/mol. The number of hydrogen-bond acceptors (Lipinski definition) is 3. The van der Waals surface area contributed by atoms with Gasteiger partial charge in [-0.1, -0.05) is 19.3 Å². The van der Waals surface area contributed by atoms with Gasteiger partial charge in [-0.25, -0.2) is 0 Å². The van der Waals surface area contributed by atoms with Crippen molar-refractivity contribution in [2.24, 2.45) is 5.41 Å². The van der Waals surface area contributed by atoms with E-state index in [9.17, 15) is 14.7 Å². The average Bonchev–Trinajstić information content (AvgIpc) is 2.90. The van der Waals surface area contributed by atoms with E-state index in [0.717, 1.165) is 24.8 Å². The summed E-state index contributed by atoms with van der Waals surface area (Å²) in [6.07, 6.45) is 4.64. The van der Waals surface area contributed by atoms with Crippen LogP contribution >= 0.6 is 11.3 Å². The van der Waals surface area contributed by atoms with Crippen LogP contribution in [-0.2, 0) is 16.0 Å². The fourth-order valence-electron chi connectivity index (χ4n) is 2.60. The molecule has 0 atom stereocenters. The molecule has 1 aromatic heterocycles. The minimum atomic E-state index is -0.775. The molecule has 4 nitrogen and oxygen atoms in total. The first kappa shape index (κ1) is 14.1. The molecule has 1 aliphatic carbocycles. The molecule has 2 N–H and O–H groups in total. The number of hydrogen-bond donors (Lipinski definition) is 2. The van der Waals surface area contributed by atoms with Gasteiger partial charge in [0.15, 0.2) is 0 Å². The summed E-state index contributed by atoms with van der Waals surface area (Å²) in [6, 6.07) is 1.91. The molecule has 0 aliphatic heterocycles. The number of carboxylic acid groups (broad SMARTS) is 1. The highest BCUT2D eigenvalue weighted by Crippen LogP contribution is 2.36. The minimum absolute atomic E-state index is 0.0930. The number of nitrogens with one attached hydrogen (secondary N) is 1. The molecule has 0 spiro atoms. The lowest BCUT2D eigenvalue weighted by molar-refractivity contribution is -0.151. The number of thiophene rings is 1. The third-order valence-electron chi connectivity index (χ3n) is 3.83. The first-order chi connectivity index (χ1) is 9.12. The third-order valence-corrected chi connectivity index (χ3v) is 4.57. The molecule has 5 heteroatoms. The first-order valence-electron chi connectivity index (χ1n) is 6.64. The van der Waals surface area contributed by atoms with Crippen LogP contribution < -0.4 is 5.32 Å². The maximum Gasteiger partial charge on any atom is 0.311 e. The zero-order valence-electron chi connectivity index (χ0n) is 10.9. The molecule has 1 amide bonds. The fourth-order valence-corrected chi connectivity index (χ4v) is 3.27. The van der Waals surface area contributed by atoms with Crippen molar-refractivity contribution >= 4 is 23.2 Å². The lowest BCUT2D eigenvalue weighted by Crippen LogP contribution is -2.44. The number of carbonyl (C=O) groups excluding carboxylic acids is 1. The van der Waals surface area contributed by atoms with Crippen molar-refractivity contribution < 1.29 is 14.7 Å². The molecule has 19 heavy (non-hydrogen) atoms. The van der Waals surface area contributed by atoms with E-state index in [1.165, 1.54) is 0 Å². The second kappa shape index (κ2) is 6.19. The van der Waals surface area contributed by atoms with Crippen molar-refractivity contribution in [2.75, 3.05) is 6.54 Å². The molecular formula is C14H19NO3S. The predicted molar refractivity (Wildman–Crippen MR) is 74.2 cm³/mol. The van der Waals surface area contributed by atoms with Crippen molar-refractivity contribution in [3.63, 3.8) is 0 Å². The van der Waals surface area contributed by atoms with Crippen molar-refractivity contribution in [3.05, 3.63) is 22.4 Å². The lowest BCUT2D eigenvalue weighted by Gasteiger charge is -2.33. The van der Waals surface area contributed by atoms with E-state index in [1.807, 2.05) is 16.8 Å². The Labute approximate surface area is 116 Å². The summed E-state index contributed by atoms with van der Waals surface area (Å²) in [7, 11) is 0. The van der Waals surface area contributed by atoms with E-state index < -0.39 is 11.4 Å². The number of amides is 1. The van der Waals surface area contributed by atoms with Crippen LogP contribution in [0.2, 0.25) is 0 Å². The third kappa shape index (κ3) is 3.56. The summed E-state index contributed by atoms with van der Waals surface area (Å²) >= 11 is 1.56. The fraction of sp³-hybridized carbons (Fsp3) is 0.571. The Morgan fingerprint density at radius 3 is 2.63 bits per heavy atom. The molecule has 0 bridgehead atoms. The van der Waals surface area contributed by atoms with Gasteiger partial charge in [-0.2, -0.15) is 11.3 Å². The highest BCUT2D eigenvalue weighted by molar-refractivity contribution is 7.07. The van der Waals surface area contributed by atoms with Gasteiger partial charge in [0.25, 0.3) is 0 Å². The quantitative estimate of drug-likeness (QED) is 0.871. The smallest absolute Gasteiger partial charge is 0.311 e. The Balaban J connectivity index is 1.88. The van der Waals surface area contributed by atoms with Crippen molar-refractivity contribution in [1.29, 1.82) is 0 Å². The van der Waals surface area contributed by atoms with Gasteiger partial charge < -0.3 is 10.4 Å². The Morgan fingerprint density at radius 2 is 2.05 bits per heavy atom. The van der Waals surface area contributed by atoms with E-state index in [1.54, 1.807) is 11.3 Å². The summed E-state index contributed by atoms with van der Waals surface area (Å²) in [4.78, 5) is 23.3. The Morgan fingerprint density at radius 1 is 1.32 bits per heavy atom. The molecule has 0 radical (unpaired) electrons. The van der Waals surface area contributed by atoms with Crippen LogP contribution in [0.1, 0.15) is 37.7 Å². The van der Waals surface area contributed by atoms with Gasteiger partial charge in [-0.15, -0.1) is 0 Å². The van der Waals surface area contributed by atoms with Crippen LogP contribution in [0.25, 0.3) is 0 Å². The molecule has 1 aromatic rings. The van der Waals surface area contributed by atoms with Gasteiger partial charge >= 0.3 is 5.97 Å². The molecule has 1 saturated carbocycles. The average molecular weight is 281 g/mol. The highest BCUT2D eigenvalue weighted by Gasteiger charge is 2.39. The van der Waals surface area contributed by atoms with E-state index in [-0.39, 0.29) is 12.5 Å². The van der Waals surface area contributed by atoms with Gasteiger partial charge in [0, 0.05) is 6.54 Å². The Kier molecular flexibility index (Phi) is 4.58. The van der Waals surface area contributed by atoms with Crippen LogP contribution in [0.3, 0.4) is 0 Å². The second-order valence-electron chi connectivity index (χ2n) is 5.23. The number of carboxylic acids is 1. The highest BCUT2D eigenvalue weighted by atomic mass is 32.1. The van der Waals surface area contributed by atoms with Crippen LogP contribution in [0.5, 0.6) is 0 Å². The monoisotopic (exact) mass is 281 g/mol. The normalized spacial score (nSPS) is 17.9. The van der Waals surface area contributed by atoms with Crippen LogP contribution in [0, 0.1) is 5.41 Å². The zero-order chi connectivity index (χ0) is 13.7. The topological polar surface area (TPSA) is 66.4 Å². The van der Waals surface area contributed by atoms with Crippen LogP contribution in [0.15, 0.2) is 16.8 Å². The molecule has 104 valence electrons. The standard InChI is InChI=1S/C14H19NO3S/c16-12(8-11-4-7-19-9-11)15-10-14(13(17)18)5-2-1-3-6-14/h4,7,9H,1-3,5-6,8,10H2,(H,15,16)(H,17,18). The van der Waals surface area contributed by atoms with Gasteiger partial charge in [-0.05, 0) is 35.2 Å². The number of carbonyl (C=O) groups is 2. The van der Waals surface area contributed by atoms with Gasteiger partial charge in [0.2, 0.25) is 5.91 Å². The number of aliphatic carboxylic acids is 1. The molecule has 2 rings (SSSR count). The van der Waals surface area contributed by atoms with E-state index in [2.05, 4.69) is 5.32 Å². The van der Waals surface area contributed by atoms with E-state index in [0.29, 0.717) is 19.3 Å². The maximum atomic E-state index is 11.8. The summed E-state index contributed by atoms with van der Waals surface area (Å²) in [5.41, 5.74) is 0.234. The first-order valence-corrected chi connectivity index (χ1v) is 7.58. The molecule has 1 heterocycles. The van der Waals surface area contributed by atoms with Crippen LogP contribution in [-0.4, -0.2) is 23.5 Å². The summed E-state index contributed by atoms with van der Waals surface area (Å²) in [5, 5.41) is 16.1. The van der Waals surface area contributed by atoms with Crippen molar-refractivity contribution in [2.45, 2.75) is 38.5 Å². The zero-order valence-corrected chi connectivity index (χ0v) is 11.7. The summed E-state index contributed by atoms with van der Waals surface area (Å²) in [6.45, 7) is 0.255. The molecule has 1 fully saturated rings. The largest absolute Gasteiger partial charge is 0.481 e. The summed E-state index contributed by atoms with van der Waals surface area (Å²) in [5.74, 6) is -0.868. The summed E-state index contributed by atoms with van der Waals surface area (Å²) < 4.78 is 0. The second-order valence-corrected chi connectivity index (χ2v) is 6.01.